The van der Waals surface area contributed by atoms with Crippen LogP contribution in [0.2, 0.25) is 0 Å². The number of hydrogen-bond acceptors (Lipinski definition) is 4. The van der Waals surface area contributed by atoms with Gasteiger partial charge in [0.05, 0.1) is 13.1 Å². The molecule has 4 rings (SSSR count). The Morgan fingerprint density at radius 1 is 0.667 bits per heavy atom. The van der Waals surface area contributed by atoms with Crippen LogP contribution in [0.5, 0.6) is 0 Å². The summed E-state index contributed by atoms with van der Waals surface area (Å²) in [6.45, 7) is 1.70. The van der Waals surface area contributed by atoms with Gasteiger partial charge >= 0.3 is 22.4 Å². The molecule has 0 N–H and O–H groups in total. The van der Waals surface area contributed by atoms with Crippen LogP contribution in [0.15, 0.2) is 101 Å². The van der Waals surface area contributed by atoms with Crippen molar-refractivity contribution in [1.82, 2.24) is 10.2 Å². The Hall–Kier alpha value is -1.81. The number of aryl methyl sites for hydroxylation is 1. The first-order chi connectivity index (χ1) is 12.7. The van der Waals surface area contributed by atoms with Gasteiger partial charge in [0.15, 0.2) is 0 Å². The topological polar surface area (TPSA) is 38.9 Å². The van der Waals surface area contributed by atoms with Crippen molar-refractivity contribution in [1.29, 1.82) is 0 Å². The summed E-state index contributed by atoms with van der Waals surface area (Å²) in [4.78, 5) is 0. The SMILES string of the molecule is Cc1nnc([S-])o1.[Au+].c1ccc([PH+](c2ccccc2)c2ccccc2)cc1. The number of rotatable bonds is 3. The third-order valence-corrected chi connectivity index (χ3v) is 6.59. The monoisotopic (exact) mass is 575 g/mol. The van der Waals surface area contributed by atoms with Crippen LogP contribution in [0.25, 0.3) is 0 Å². The van der Waals surface area contributed by atoms with E-state index in [1.165, 1.54) is 15.9 Å². The summed E-state index contributed by atoms with van der Waals surface area (Å²) in [6, 6.07) is 32.5. The van der Waals surface area contributed by atoms with Crippen molar-refractivity contribution in [3.8, 4) is 0 Å². The van der Waals surface area contributed by atoms with E-state index >= 15 is 0 Å². The zero-order valence-corrected chi connectivity index (χ0v) is 18.7. The van der Waals surface area contributed by atoms with Crippen LogP contribution in [0.3, 0.4) is 0 Å². The quantitative estimate of drug-likeness (QED) is 0.213. The molecule has 0 radical (unpaired) electrons. The van der Waals surface area contributed by atoms with Gasteiger partial charge in [-0.15, -0.1) is 10.2 Å². The van der Waals surface area contributed by atoms with Crippen LogP contribution in [0.4, 0.5) is 0 Å². The van der Waals surface area contributed by atoms with Gasteiger partial charge in [-0.2, -0.15) is 0 Å². The van der Waals surface area contributed by atoms with E-state index in [9.17, 15) is 0 Å². The predicted molar refractivity (Wildman–Crippen MR) is 111 cm³/mol. The average Bonchev–Trinajstić information content (AvgIpc) is 3.08. The van der Waals surface area contributed by atoms with E-state index in [0.29, 0.717) is 5.89 Å². The summed E-state index contributed by atoms with van der Waals surface area (Å²) in [5.74, 6) is 0.519. The Balaban J connectivity index is 0.000000278. The maximum Gasteiger partial charge on any atom is 1.00 e. The zero-order chi connectivity index (χ0) is 18.2. The summed E-state index contributed by atoms with van der Waals surface area (Å²) in [5, 5.41) is 11.4. The van der Waals surface area contributed by atoms with Crippen molar-refractivity contribution in [2.75, 3.05) is 0 Å². The molecule has 0 unspecified atom stereocenters. The number of aromatic nitrogens is 2. The second kappa shape index (κ2) is 11.1. The van der Waals surface area contributed by atoms with Gasteiger partial charge in [-0.25, -0.2) is 0 Å². The molecule has 0 fully saturated rings. The molecule has 3 nitrogen and oxygen atoms in total. The first kappa shape index (κ1) is 21.5. The van der Waals surface area contributed by atoms with Crippen molar-refractivity contribution < 1.29 is 26.8 Å². The minimum absolute atomic E-state index is 0. The van der Waals surface area contributed by atoms with Gasteiger partial charge in [-0.3, -0.25) is 0 Å². The Kier molecular flexibility index (Phi) is 8.86. The van der Waals surface area contributed by atoms with Crippen LogP contribution >= 0.6 is 7.92 Å². The molecule has 1 heterocycles. The second-order valence-electron chi connectivity index (χ2n) is 5.56. The average molecular weight is 575 g/mol. The van der Waals surface area contributed by atoms with E-state index in [-0.39, 0.29) is 27.6 Å². The van der Waals surface area contributed by atoms with Gasteiger partial charge < -0.3 is 17.0 Å². The number of nitrogens with zero attached hydrogens (tertiary/aromatic N) is 2. The zero-order valence-electron chi connectivity index (χ0n) is 14.7. The van der Waals surface area contributed by atoms with Crippen molar-refractivity contribution >= 4 is 36.5 Å². The normalized spacial score (nSPS) is 9.85. The summed E-state index contributed by atoms with van der Waals surface area (Å²) >= 11 is 4.49. The van der Waals surface area contributed by atoms with E-state index in [4.69, 9.17) is 0 Å². The van der Waals surface area contributed by atoms with Crippen molar-refractivity contribution in [2.45, 2.75) is 12.1 Å². The Morgan fingerprint density at radius 2 is 1.04 bits per heavy atom. The largest absolute Gasteiger partial charge is 1.00 e. The molecule has 4 aromatic rings. The fraction of sp³-hybridized carbons (Fsp3) is 0.0476. The summed E-state index contributed by atoms with van der Waals surface area (Å²) in [5.41, 5.74) is 0. The molecule has 0 aliphatic rings. The molecule has 3 aromatic carbocycles. The van der Waals surface area contributed by atoms with E-state index in [1.54, 1.807) is 6.92 Å². The maximum absolute atomic E-state index is 4.68. The summed E-state index contributed by atoms with van der Waals surface area (Å²) < 4.78 is 4.68. The third-order valence-electron chi connectivity index (χ3n) is 3.69. The van der Waals surface area contributed by atoms with Gasteiger partial charge in [-0.1, -0.05) is 54.6 Å². The first-order valence-electron chi connectivity index (χ1n) is 8.24. The molecular weight excluding hydrogens is 556 g/mol. The van der Waals surface area contributed by atoms with E-state index in [0.717, 1.165) is 0 Å². The molecule has 0 amide bonds. The van der Waals surface area contributed by atoms with Gasteiger partial charge in [0.2, 0.25) is 5.89 Å². The van der Waals surface area contributed by atoms with Gasteiger partial charge in [-0.05, 0) is 36.4 Å². The number of benzene rings is 3. The van der Waals surface area contributed by atoms with Crippen LogP contribution < -0.4 is 15.9 Å². The standard InChI is InChI=1S/C18H15P.C3H4N2OS.Au/c1-4-10-16(11-5-1)19(17-12-6-2-7-13-17)18-14-8-3-9-15-18;1-2-4-5-3(7)6-2;/h1-15H;1H3,(H,5,7);/q;;+1. The van der Waals surface area contributed by atoms with Crippen LogP contribution in [0.1, 0.15) is 5.89 Å². The summed E-state index contributed by atoms with van der Waals surface area (Å²) in [6.07, 6.45) is 0. The van der Waals surface area contributed by atoms with E-state index < -0.39 is 7.92 Å². The molecule has 1 aromatic heterocycles. The molecule has 0 aliphatic carbocycles. The fourth-order valence-electron chi connectivity index (χ4n) is 2.59. The fourth-order valence-corrected chi connectivity index (χ4v) is 5.33. The molecule has 6 heteroatoms. The van der Waals surface area contributed by atoms with Crippen molar-refractivity contribution in [3.63, 3.8) is 0 Å². The Bertz CT molecular complexity index is 810. The first-order valence-corrected chi connectivity index (χ1v) is 10.1. The third kappa shape index (κ3) is 6.39. The van der Waals surface area contributed by atoms with E-state index in [2.05, 4.69) is 118 Å². The van der Waals surface area contributed by atoms with Gasteiger partial charge in [0.1, 0.15) is 15.9 Å². The molecule has 0 bridgehead atoms. The van der Waals surface area contributed by atoms with Crippen LogP contribution in [0, 0.1) is 6.92 Å². The van der Waals surface area contributed by atoms with Crippen molar-refractivity contribution in [2.24, 2.45) is 0 Å². The van der Waals surface area contributed by atoms with Gasteiger partial charge in [0.25, 0.3) is 0 Å². The van der Waals surface area contributed by atoms with Crippen LogP contribution in [-0.2, 0) is 35.0 Å². The number of hydrogen-bond donors (Lipinski definition) is 0. The Morgan fingerprint density at radius 3 is 1.26 bits per heavy atom. The van der Waals surface area contributed by atoms with E-state index in [1.807, 2.05) is 0 Å². The van der Waals surface area contributed by atoms with Gasteiger partial charge in [0, 0.05) is 6.92 Å². The second-order valence-corrected chi connectivity index (χ2v) is 8.39. The predicted octanol–water partition coefficient (Wildman–Crippen LogP) is 3.46. The Labute approximate surface area is 181 Å². The molecule has 140 valence electrons. The molecule has 0 saturated heterocycles. The molecule has 0 spiro atoms. The van der Waals surface area contributed by atoms with Crippen LogP contribution in [-0.4, -0.2) is 10.2 Å². The molecule has 0 aliphatic heterocycles. The maximum atomic E-state index is 4.68. The van der Waals surface area contributed by atoms with Crippen molar-refractivity contribution in [3.05, 3.63) is 96.9 Å². The molecular formula is C21H19AuN2OPS+. The molecule has 27 heavy (non-hydrogen) atoms. The minimum atomic E-state index is -0.877. The summed E-state index contributed by atoms with van der Waals surface area (Å²) in [7, 11) is -0.877. The smallest absolute Gasteiger partial charge is 0.719 e. The minimum Gasteiger partial charge on any atom is -0.719 e. The molecule has 0 atom stereocenters. The molecule has 0 saturated carbocycles.